The standard InChI is InChI=1S/C18H18N4O2/c1-24-11-5-6-14-13(9-11)12-3-2-4-15(17(12)21-14)22-18(23)16-10-19-7-8-20-16/h5-10,15,21H,2-4H2,1H3,(H,22,23). The van der Waals surface area contributed by atoms with Gasteiger partial charge in [-0.1, -0.05) is 0 Å². The second kappa shape index (κ2) is 5.96. The van der Waals surface area contributed by atoms with Gasteiger partial charge in [0, 0.05) is 29.0 Å². The van der Waals surface area contributed by atoms with Gasteiger partial charge in [0.05, 0.1) is 19.3 Å². The van der Waals surface area contributed by atoms with Crippen molar-refractivity contribution < 1.29 is 9.53 Å². The van der Waals surface area contributed by atoms with Gasteiger partial charge in [-0.2, -0.15) is 0 Å². The summed E-state index contributed by atoms with van der Waals surface area (Å²) < 4.78 is 5.33. The summed E-state index contributed by atoms with van der Waals surface area (Å²) in [4.78, 5) is 23.9. The van der Waals surface area contributed by atoms with Gasteiger partial charge >= 0.3 is 0 Å². The highest BCUT2D eigenvalue weighted by atomic mass is 16.5. The number of ether oxygens (including phenoxy) is 1. The van der Waals surface area contributed by atoms with Gasteiger partial charge in [0.25, 0.3) is 5.91 Å². The van der Waals surface area contributed by atoms with E-state index in [4.69, 9.17) is 4.74 Å². The maximum Gasteiger partial charge on any atom is 0.272 e. The number of methoxy groups -OCH3 is 1. The summed E-state index contributed by atoms with van der Waals surface area (Å²) in [6.07, 6.45) is 7.50. The molecule has 2 N–H and O–H groups in total. The third-order valence-corrected chi connectivity index (χ3v) is 4.52. The lowest BCUT2D eigenvalue weighted by molar-refractivity contribution is 0.0926. The largest absolute Gasteiger partial charge is 0.497 e. The number of rotatable bonds is 3. The monoisotopic (exact) mass is 322 g/mol. The molecule has 4 rings (SSSR count). The summed E-state index contributed by atoms with van der Waals surface area (Å²) in [5.41, 5.74) is 3.75. The minimum absolute atomic E-state index is 0.0401. The molecule has 0 fully saturated rings. The van der Waals surface area contributed by atoms with E-state index in [9.17, 15) is 4.79 Å². The van der Waals surface area contributed by atoms with Crippen molar-refractivity contribution in [2.75, 3.05) is 7.11 Å². The predicted molar refractivity (Wildman–Crippen MR) is 90.0 cm³/mol. The average Bonchev–Trinajstić information content (AvgIpc) is 3.01. The fourth-order valence-corrected chi connectivity index (χ4v) is 3.36. The highest BCUT2D eigenvalue weighted by molar-refractivity contribution is 5.92. The fourth-order valence-electron chi connectivity index (χ4n) is 3.36. The minimum Gasteiger partial charge on any atom is -0.497 e. The van der Waals surface area contributed by atoms with Crippen LogP contribution < -0.4 is 10.1 Å². The maximum absolute atomic E-state index is 12.4. The van der Waals surface area contributed by atoms with E-state index in [-0.39, 0.29) is 11.9 Å². The lowest BCUT2D eigenvalue weighted by Crippen LogP contribution is -2.31. The first-order valence-corrected chi connectivity index (χ1v) is 8.01. The van der Waals surface area contributed by atoms with Crippen molar-refractivity contribution >= 4 is 16.8 Å². The zero-order chi connectivity index (χ0) is 16.5. The van der Waals surface area contributed by atoms with Gasteiger partial charge in [-0.25, -0.2) is 4.98 Å². The number of aromatic amines is 1. The molecule has 6 heteroatoms. The van der Waals surface area contributed by atoms with Gasteiger partial charge in [-0.15, -0.1) is 0 Å². The van der Waals surface area contributed by atoms with E-state index >= 15 is 0 Å². The van der Waals surface area contributed by atoms with Gasteiger partial charge in [-0.05, 0) is 43.0 Å². The van der Waals surface area contributed by atoms with E-state index < -0.39 is 0 Å². The van der Waals surface area contributed by atoms with E-state index in [1.165, 1.54) is 23.3 Å². The molecule has 0 bridgehead atoms. The Balaban J connectivity index is 1.67. The van der Waals surface area contributed by atoms with Crippen molar-refractivity contribution in [3.63, 3.8) is 0 Å². The highest BCUT2D eigenvalue weighted by Crippen LogP contribution is 2.36. The molecule has 6 nitrogen and oxygen atoms in total. The number of fused-ring (bicyclic) bond motifs is 3. The molecule has 0 aliphatic heterocycles. The topological polar surface area (TPSA) is 79.9 Å². The number of carbonyl (C=O) groups excluding carboxylic acids is 1. The molecule has 0 saturated heterocycles. The molecule has 1 amide bonds. The fraction of sp³-hybridized carbons (Fsp3) is 0.278. The van der Waals surface area contributed by atoms with Crippen LogP contribution in [0.2, 0.25) is 0 Å². The van der Waals surface area contributed by atoms with E-state index in [2.05, 4.69) is 26.3 Å². The van der Waals surface area contributed by atoms with Crippen molar-refractivity contribution in [1.29, 1.82) is 0 Å². The number of carbonyl (C=O) groups is 1. The Kier molecular flexibility index (Phi) is 3.65. The second-order valence-electron chi connectivity index (χ2n) is 5.94. The van der Waals surface area contributed by atoms with E-state index in [0.29, 0.717) is 5.69 Å². The Morgan fingerprint density at radius 3 is 3.08 bits per heavy atom. The molecule has 3 aromatic rings. The van der Waals surface area contributed by atoms with E-state index in [0.717, 1.165) is 36.2 Å². The molecule has 2 aromatic heterocycles. The van der Waals surface area contributed by atoms with Crippen LogP contribution in [-0.2, 0) is 6.42 Å². The van der Waals surface area contributed by atoms with Gasteiger partial charge in [-0.3, -0.25) is 9.78 Å². The number of benzene rings is 1. The smallest absolute Gasteiger partial charge is 0.272 e. The third-order valence-electron chi connectivity index (χ3n) is 4.52. The van der Waals surface area contributed by atoms with Gasteiger partial charge in [0.2, 0.25) is 0 Å². The molecule has 1 aromatic carbocycles. The molecule has 1 unspecified atom stereocenters. The summed E-state index contributed by atoms with van der Waals surface area (Å²) in [6, 6.07) is 5.98. The molecule has 1 aliphatic rings. The predicted octanol–water partition coefficient (Wildman–Crippen LogP) is 2.77. The van der Waals surface area contributed by atoms with Gasteiger partial charge in [0.15, 0.2) is 0 Å². The van der Waals surface area contributed by atoms with Crippen LogP contribution in [0.4, 0.5) is 0 Å². The Hall–Kier alpha value is -2.89. The summed E-state index contributed by atoms with van der Waals surface area (Å²) in [5, 5.41) is 4.25. The van der Waals surface area contributed by atoms with Gasteiger partial charge < -0.3 is 15.0 Å². The summed E-state index contributed by atoms with van der Waals surface area (Å²) in [6.45, 7) is 0. The number of nitrogens with one attached hydrogen (secondary N) is 2. The van der Waals surface area contributed by atoms with Gasteiger partial charge in [0.1, 0.15) is 11.4 Å². The van der Waals surface area contributed by atoms with Crippen LogP contribution in [0.5, 0.6) is 5.75 Å². The van der Waals surface area contributed by atoms with E-state index in [1.807, 2.05) is 12.1 Å². The molecule has 24 heavy (non-hydrogen) atoms. The number of hydrogen-bond acceptors (Lipinski definition) is 4. The molecule has 0 spiro atoms. The number of hydrogen-bond donors (Lipinski definition) is 2. The second-order valence-corrected chi connectivity index (χ2v) is 5.94. The molecule has 1 atom stereocenters. The number of amides is 1. The van der Waals surface area contributed by atoms with Crippen LogP contribution in [-0.4, -0.2) is 28.0 Å². The molecule has 1 aliphatic carbocycles. The average molecular weight is 322 g/mol. The van der Waals surface area contributed by atoms with Crippen LogP contribution in [0.3, 0.4) is 0 Å². The van der Waals surface area contributed by atoms with Crippen molar-refractivity contribution in [2.45, 2.75) is 25.3 Å². The number of aromatic nitrogens is 3. The maximum atomic E-state index is 12.4. The number of H-pyrrole nitrogens is 1. The normalized spacial score (nSPS) is 16.6. The first-order chi connectivity index (χ1) is 11.8. The van der Waals surface area contributed by atoms with Crippen molar-refractivity contribution in [1.82, 2.24) is 20.3 Å². The Bertz CT molecular complexity index is 889. The summed E-state index contributed by atoms with van der Waals surface area (Å²) in [7, 11) is 1.67. The number of nitrogens with zero attached hydrogens (tertiary/aromatic N) is 2. The lowest BCUT2D eigenvalue weighted by atomic mass is 9.91. The summed E-state index contributed by atoms with van der Waals surface area (Å²) in [5.74, 6) is 0.646. The zero-order valence-electron chi connectivity index (χ0n) is 13.4. The summed E-state index contributed by atoms with van der Waals surface area (Å²) >= 11 is 0. The zero-order valence-corrected chi connectivity index (χ0v) is 13.4. The molecular formula is C18H18N4O2. The third kappa shape index (κ3) is 2.50. The molecular weight excluding hydrogens is 304 g/mol. The SMILES string of the molecule is COc1ccc2[nH]c3c(c2c1)CCCC3NC(=O)c1cnccn1. The first kappa shape index (κ1) is 14.7. The van der Waals surface area contributed by atoms with Crippen LogP contribution >= 0.6 is 0 Å². The highest BCUT2D eigenvalue weighted by Gasteiger charge is 2.26. The lowest BCUT2D eigenvalue weighted by Gasteiger charge is -2.23. The Morgan fingerprint density at radius 2 is 2.29 bits per heavy atom. The Morgan fingerprint density at radius 1 is 1.38 bits per heavy atom. The molecule has 0 radical (unpaired) electrons. The van der Waals surface area contributed by atoms with Crippen LogP contribution in [0.25, 0.3) is 10.9 Å². The van der Waals surface area contributed by atoms with Crippen molar-refractivity contribution in [3.05, 3.63) is 53.7 Å². The molecule has 0 saturated carbocycles. The minimum atomic E-state index is -0.197. The number of aryl methyl sites for hydroxylation is 1. The van der Waals surface area contributed by atoms with Crippen molar-refractivity contribution in [2.24, 2.45) is 0 Å². The Labute approximate surface area is 139 Å². The molecule has 2 heterocycles. The van der Waals surface area contributed by atoms with Crippen LogP contribution in [0, 0.1) is 0 Å². The van der Waals surface area contributed by atoms with E-state index in [1.54, 1.807) is 13.3 Å². The van der Waals surface area contributed by atoms with Crippen molar-refractivity contribution in [3.8, 4) is 5.75 Å². The quantitative estimate of drug-likeness (QED) is 0.777. The molecule has 122 valence electrons. The first-order valence-electron chi connectivity index (χ1n) is 8.01. The van der Waals surface area contributed by atoms with Crippen LogP contribution in [0.1, 0.15) is 40.6 Å². The van der Waals surface area contributed by atoms with Crippen LogP contribution in [0.15, 0.2) is 36.8 Å².